The maximum absolute atomic E-state index is 12.3. The monoisotopic (exact) mass is 464 g/mol. The summed E-state index contributed by atoms with van der Waals surface area (Å²) in [6, 6.07) is 22.4. The van der Waals surface area contributed by atoms with E-state index >= 15 is 0 Å². The quantitative estimate of drug-likeness (QED) is 0.263. The Kier molecular flexibility index (Phi) is 7.80. The molecule has 6 heteroatoms. The lowest BCUT2D eigenvalue weighted by molar-refractivity contribution is 0.0955. The van der Waals surface area contributed by atoms with Gasteiger partial charge in [-0.15, -0.1) is 0 Å². The highest BCUT2D eigenvalue weighted by Gasteiger charge is 2.06. The number of nitrogens with one attached hydrogen (secondary N) is 1. The summed E-state index contributed by atoms with van der Waals surface area (Å²) in [7, 11) is 0. The Labute approximate surface area is 184 Å². The van der Waals surface area contributed by atoms with Crippen LogP contribution in [0.5, 0.6) is 11.5 Å². The van der Waals surface area contributed by atoms with Crippen LogP contribution >= 0.6 is 15.9 Å². The van der Waals surface area contributed by atoms with Gasteiger partial charge in [-0.05, 0) is 48.0 Å². The van der Waals surface area contributed by atoms with Gasteiger partial charge in [0.15, 0.2) is 0 Å². The van der Waals surface area contributed by atoms with Crippen LogP contribution in [0.3, 0.4) is 0 Å². The minimum absolute atomic E-state index is 0.315. The van der Waals surface area contributed by atoms with Crippen molar-refractivity contribution in [1.29, 1.82) is 0 Å². The average molecular weight is 465 g/mol. The molecule has 0 aromatic heterocycles. The predicted molar refractivity (Wildman–Crippen MR) is 122 cm³/mol. The van der Waals surface area contributed by atoms with E-state index < -0.39 is 0 Å². The molecule has 3 aromatic carbocycles. The number of hydrogen-bond acceptors (Lipinski definition) is 4. The predicted octanol–water partition coefficient (Wildman–Crippen LogP) is 5.36. The molecular weight excluding hydrogens is 444 g/mol. The smallest absolute Gasteiger partial charge is 0.271 e. The second kappa shape index (κ2) is 11.0. The second-order valence-corrected chi connectivity index (χ2v) is 7.20. The molecule has 0 aliphatic heterocycles. The number of halogens is 1. The molecule has 0 spiro atoms. The van der Waals surface area contributed by atoms with Gasteiger partial charge in [0.25, 0.3) is 5.91 Å². The summed E-state index contributed by atoms with van der Waals surface area (Å²) < 4.78 is 12.2. The molecule has 3 rings (SSSR count). The van der Waals surface area contributed by atoms with Crippen molar-refractivity contribution in [2.75, 3.05) is 6.61 Å². The number of carbonyl (C=O) groups is 1. The van der Waals surface area contributed by atoms with Gasteiger partial charge in [-0.3, -0.25) is 4.79 Å². The van der Waals surface area contributed by atoms with E-state index in [9.17, 15) is 4.79 Å². The van der Waals surface area contributed by atoms with Gasteiger partial charge in [-0.2, -0.15) is 5.10 Å². The van der Waals surface area contributed by atoms with E-state index in [4.69, 9.17) is 9.47 Å². The Morgan fingerprint density at radius 1 is 1.03 bits per heavy atom. The van der Waals surface area contributed by atoms with E-state index in [0.717, 1.165) is 15.6 Å². The third-order valence-electron chi connectivity index (χ3n) is 4.06. The first-order valence-electron chi connectivity index (χ1n) is 9.29. The third-order valence-corrected chi connectivity index (χ3v) is 4.56. The summed E-state index contributed by atoms with van der Waals surface area (Å²) in [6.45, 7) is 4.50. The van der Waals surface area contributed by atoms with Gasteiger partial charge in [0.1, 0.15) is 24.7 Å². The Morgan fingerprint density at radius 3 is 2.53 bits per heavy atom. The summed E-state index contributed by atoms with van der Waals surface area (Å²) in [5.74, 6) is 1.03. The highest BCUT2D eigenvalue weighted by atomic mass is 79.9. The molecular formula is C24H21BrN2O3. The molecule has 1 amide bonds. The number of hydrazone groups is 1. The topological polar surface area (TPSA) is 59.9 Å². The van der Waals surface area contributed by atoms with Crippen LogP contribution in [0.2, 0.25) is 0 Å². The summed E-state index contributed by atoms with van der Waals surface area (Å²) in [5, 5.41) is 4.04. The van der Waals surface area contributed by atoms with Crippen LogP contribution in [0.1, 0.15) is 21.5 Å². The molecule has 30 heavy (non-hydrogen) atoms. The molecule has 0 saturated heterocycles. The highest BCUT2D eigenvalue weighted by molar-refractivity contribution is 9.10. The molecule has 5 nitrogen and oxygen atoms in total. The van der Waals surface area contributed by atoms with E-state index in [-0.39, 0.29) is 5.91 Å². The molecule has 0 aliphatic rings. The van der Waals surface area contributed by atoms with E-state index in [1.807, 2.05) is 48.5 Å². The highest BCUT2D eigenvalue weighted by Crippen LogP contribution is 2.22. The Morgan fingerprint density at radius 2 is 1.80 bits per heavy atom. The third kappa shape index (κ3) is 6.32. The number of hydrogen-bond donors (Lipinski definition) is 1. The zero-order valence-corrected chi connectivity index (χ0v) is 17.8. The van der Waals surface area contributed by atoms with Crippen molar-refractivity contribution in [3.63, 3.8) is 0 Å². The van der Waals surface area contributed by atoms with Gasteiger partial charge < -0.3 is 9.47 Å². The summed E-state index contributed by atoms with van der Waals surface area (Å²) in [4.78, 5) is 12.3. The van der Waals surface area contributed by atoms with Crippen molar-refractivity contribution in [3.8, 4) is 11.5 Å². The number of carbonyl (C=O) groups excluding carboxylic acids is 1. The first-order valence-corrected chi connectivity index (χ1v) is 10.1. The summed E-state index contributed by atoms with van der Waals surface area (Å²) in [5.41, 5.74) is 4.82. The van der Waals surface area contributed by atoms with Gasteiger partial charge >= 0.3 is 0 Å². The zero-order chi connectivity index (χ0) is 21.2. The number of benzene rings is 3. The van der Waals surface area contributed by atoms with E-state index in [2.05, 4.69) is 33.0 Å². The van der Waals surface area contributed by atoms with Crippen LogP contribution in [0.4, 0.5) is 0 Å². The SMILES string of the molecule is C=CCOc1ccc(Br)cc1/C=N\NC(=O)c1ccc(OCc2ccccc2)cc1. The summed E-state index contributed by atoms with van der Waals surface area (Å²) >= 11 is 3.42. The number of ether oxygens (including phenoxy) is 2. The van der Waals surface area contributed by atoms with E-state index in [0.29, 0.717) is 30.3 Å². The molecule has 0 fully saturated rings. The molecule has 152 valence electrons. The average Bonchev–Trinajstić information content (AvgIpc) is 2.78. The molecule has 0 atom stereocenters. The van der Waals surface area contributed by atoms with Crippen LogP contribution in [0.15, 0.2) is 95.0 Å². The van der Waals surface area contributed by atoms with Crippen LogP contribution in [0, 0.1) is 0 Å². The van der Waals surface area contributed by atoms with Crippen molar-refractivity contribution in [2.24, 2.45) is 5.10 Å². The molecule has 0 heterocycles. The largest absolute Gasteiger partial charge is 0.489 e. The lowest BCUT2D eigenvalue weighted by Gasteiger charge is -2.08. The van der Waals surface area contributed by atoms with Crippen molar-refractivity contribution < 1.29 is 14.3 Å². The maximum Gasteiger partial charge on any atom is 0.271 e. The standard InChI is InChI=1S/C24H21BrN2O3/c1-2-14-29-23-13-10-21(25)15-20(23)16-26-27-24(28)19-8-11-22(12-9-19)30-17-18-6-4-3-5-7-18/h2-13,15-16H,1,14,17H2,(H,27,28)/b26-16-. The first kappa shape index (κ1) is 21.3. The first-order chi connectivity index (χ1) is 14.7. The van der Waals surface area contributed by atoms with Gasteiger partial charge in [-0.1, -0.05) is 58.9 Å². The van der Waals surface area contributed by atoms with Gasteiger partial charge in [0.05, 0.1) is 6.21 Å². The normalized spacial score (nSPS) is 10.6. The fraction of sp³-hybridized carbons (Fsp3) is 0.0833. The molecule has 0 bridgehead atoms. The van der Waals surface area contributed by atoms with Crippen LogP contribution in [0.25, 0.3) is 0 Å². The molecule has 1 N–H and O–H groups in total. The Bertz CT molecular complexity index is 1020. The van der Waals surface area contributed by atoms with Gasteiger partial charge in [0.2, 0.25) is 0 Å². The zero-order valence-electron chi connectivity index (χ0n) is 16.3. The van der Waals surface area contributed by atoms with Crippen molar-refractivity contribution in [3.05, 3.63) is 107 Å². The van der Waals surface area contributed by atoms with Crippen molar-refractivity contribution in [1.82, 2.24) is 5.43 Å². The van der Waals surface area contributed by atoms with E-state index in [1.165, 1.54) is 0 Å². The molecule has 3 aromatic rings. The minimum Gasteiger partial charge on any atom is -0.489 e. The lowest BCUT2D eigenvalue weighted by atomic mass is 10.2. The van der Waals surface area contributed by atoms with E-state index in [1.54, 1.807) is 36.6 Å². The molecule has 0 unspecified atom stereocenters. The van der Waals surface area contributed by atoms with Crippen molar-refractivity contribution in [2.45, 2.75) is 6.61 Å². The summed E-state index contributed by atoms with van der Waals surface area (Å²) in [6.07, 6.45) is 3.20. The fourth-order valence-corrected chi connectivity index (χ4v) is 2.95. The maximum atomic E-state index is 12.3. The van der Waals surface area contributed by atoms with Gasteiger partial charge in [0, 0.05) is 15.6 Å². The van der Waals surface area contributed by atoms with Crippen LogP contribution < -0.4 is 14.9 Å². The minimum atomic E-state index is -0.315. The second-order valence-electron chi connectivity index (χ2n) is 6.28. The number of amides is 1. The Hall–Kier alpha value is -3.38. The molecule has 0 radical (unpaired) electrons. The van der Waals surface area contributed by atoms with Crippen LogP contribution in [-0.4, -0.2) is 18.7 Å². The number of nitrogens with zero attached hydrogens (tertiary/aromatic N) is 1. The Balaban J connectivity index is 1.57. The van der Waals surface area contributed by atoms with Crippen molar-refractivity contribution >= 4 is 28.1 Å². The van der Waals surface area contributed by atoms with Gasteiger partial charge in [-0.25, -0.2) is 5.43 Å². The molecule has 0 aliphatic carbocycles. The van der Waals surface area contributed by atoms with Crippen LogP contribution in [-0.2, 0) is 6.61 Å². The molecule has 0 saturated carbocycles. The fourth-order valence-electron chi connectivity index (χ4n) is 2.57. The lowest BCUT2D eigenvalue weighted by Crippen LogP contribution is -2.17. The number of rotatable bonds is 9.